The second-order valence-electron chi connectivity index (χ2n) is 7.84. The van der Waals surface area contributed by atoms with Gasteiger partial charge in [-0.05, 0) is 50.1 Å². The summed E-state index contributed by atoms with van der Waals surface area (Å²) in [4.78, 5) is 27.8. The average molecular weight is 480 g/mol. The van der Waals surface area contributed by atoms with Crippen molar-refractivity contribution in [3.63, 3.8) is 0 Å². The Morgan fingerprint density at radius 2 is 1.62 bits per heavy atom. The molecule has 2 aromatic rings. The average Bonchev–Trinajstić information content (AvgIpc) is 2.72. The van der Waals surface area contributed by atoms with Crippen molar-refractivity contribution in [3.8, 4) is 0 Å². The number of carbonyl (C=O) groups excluding carboxylic acids is 2. The van der Waals surface area contributed by atoms with Gasteiger partial charge in [-0.1, -0.05) is 48.9 Å². The van der Waals surface area contributed by atoms with Crippen LogP contribution in [0.1, 0.15) is 32.8 Å². The van der Waals surface area contributed by atoms with Crippen molar-refractivity contribution >= 4 is 39.1 Å². The standard InChI is InChI=1S/C23H30ClN3O4S/c1-5-21(23(29)25-17(2)3)26(15-18-9-7-6-8-10-18)22(28)16-27(32(4,30)31)20-13-11-19(24)12-14-20/h6-14,17,21H,5,15-16H2,1-4H3,(H,25,29)/t21-/m1/s1. The van der Waals surface area contributed by atoms with Crippen LogP contribution in [0.3, 0.4) is 0 Å². The van der Waals surface area contributed by atoms with E-state index in [9.17, 15) is 18.0 Å². The zero-order valence-corrected chi connectivity index (χ0v) is 20.4. The fourth-order valence-corrected chi connectivity index (χ4v) is 4.28. The molecule has 2 rings (SSSR count). The van der Waals surface area contributed by atoms with Gasteiger partial charge in [-0.25, -0.2) is 8.42 Å². The van der Waals surface area contributed by atoms with Gasteiger partial charge in [0.05, 0.1) is 11.9 Å². The molecule has 1 atom stereocenters. The minimum absolute atomic E-state index is 0.0909. The van der Waals surface area contributed by atoms with Crippen molar-refractivity contribution < 1.29 is 18.0 Å². The van der Waals surface area contributed by atoms with Crippen LogP contribution >= 0.6 is 11.6 Å². The van der Waals surface area contributed by atoms with Gasteiger partial charge >= 0.3 is 0 Å². The predicted molar refractivity (Wildman–Crippen MR) is 128 cm³/mol. The molecule has 9 heteroatoms. The summed E-state index contributed by atoms with van der Waals surface area (Å²) in [5.74, 6) is -0.746. The monoisotopic (exact) mass is 479 g/mol. The van der Waals surface area contributed by atoms with Crippen LogP contribution in [0.25, 0.3) is 0 Å². The number of hydrogen-bond acceptors (Lipinski definition) is 4. The van der Waals surface area contributed by atoms with E-state index in [1.165, 1.54) is 4.90 Å². The molecule has 1 N–H and O–H groups in total. The van der Waals surface area contributed by atoms with Crippen LogP contribution in [0.5, 0.6) is 0 Å². The molecule has 0 spiro atoms. The van der Waals surface area contributed by atoms with E-state index in [2.05, 4.69) is 5.32 Å². The van der Waals surface area contributed by atoms with Crippen LogP contribution in [-0.4, -0.2) is 50.0 Å². The molecule has 0 saturated heterocycles. The lowest BCUT2D eigenvalue weighted by Gasteiger charge is -2.33. The van der Waals surface area contributed by atoms with Gasteiger partial charge < -0.3 is 10.2 Å². The van der Waals surface area contributed by atoms with E-state index in [0.717, 1.165) is 16.1 Å². The Balaban J connectivity index is 2.40. The molecule has 7 nitrogen and oxygen atoms in total. The van der Waals surface area contributed by atoms with Gasteiger partial charge in [0.25, 0.3) is 0 Å². The highest BCUT2D eigenvalue weighted by molar-refractivity contribution is 7.92. The van der Waals surface area contributed by atoms with Crippen LogP contribution in [0.2, 0.25) is 5.02 Å². The fourth-order valence-electron chi connectivity index (χ4n) is 3.30. The van der Waals surface area contributed by atoms with Gasteiger partial charge in [0.2, 0.25) is 21.8 Å². The molecule has 174 valence electrons. The number of rotatable bonds is 10. The summed E-state index contributed by atoms with van der Waals surface area (Å²) in [5, 5.41) is 3.31. The van der Waals surface area contributed by atoms with Crippen molar-refractivity contribution in [2.24, 2.45) is 0 Å². The Labute approximate surface area is 195 Å². The maximum absolute atomic E-state index is 13.4. The van der Waals surface area contributed by atoms with E-state index in [4.69, 9.17) is 11.6 Å². The number of benzene rings is 2. The third kappa shape index (κ3) is 7.24. The molecule has 0 heterocycles. The largest absolute Gasteiger partial charge is 0.352 e. The Bertz CT molecular complexity index is 1010. The van der Waals surface area contributed by atoms with Gasteiger partial charge in [-0.3, -0.25) is 13.9 Å². The molecule has 0 aliphatic carbocycles. The topological polar surface area (TPSA) is 86.8 Å². The highest BCUT2D eigenvalue weighted by Crippen LogP contribution is 2.21. The van der Waals surface area contributed by atoms with Crippen molar-refractivity contribution in [1.29, 1.82) is 0 Å². The van der Waals surface area contributed by atoms with Crippen LogP contribution in [-0.2, 0) is 26.2 Å². The number of nitrogens with one attached hydrogen (secondary N) is 1. The molecular formula is C23H30ClN3O4S. The number of amides is 2. The number of nitrogens with zero attached hydrogens (tertiary/aromatic N) is 2. The summed E-state index contributed by atoms with van der Waals surface area (Å²) in [6.07, 6.45) is 1.43. The summed E-state index contributed by atoms with van der Waals surface area (Å²) in [7, 11) is -3.76. The lowest BCUT2D eigenvalue weighted by molar-refractivity contribution is -0.140. The SMILES string of the molecule is CC[C@H](C(=O)NC(C)C)N(Cc1ccccc1)C(=O)CN(c1ccc(Cl)cc1)S(C)(=O)=O. The van der Waals surface area contributed by atoms with E-state index >= 15 is 0 Å². The summed E-state index contributed by atoms with van der Waals surface area (Å²) >= 11 is 5.93. The Hall–Kier alpha value is -2.58. The van der Waals surface area contributed by atoms with Gasteiger partial charge in [-0.2, -0.15) is 0 Å². The molecule has 0 radical (unpaired) electrons. The Morgan fingerprint density at radius 1 is 1.03 bits per heavy atom. The first-order chi connectivity index (χ1) is 15.0. The van der Waals surface area contributed by atoms with Crippen molar-refractivity contribution in [2.75, 3.05) is 17.1 Å². The van der Waals surface area contributed by atoms with Gasteiger partial charge in [-0.15, -0.1) is 0 Å². The minimum atomic E-state index is -3.76. The van der Waals surface area contributed by atoms with Crippen molar-refractivity contribution in [1.82, 2.24) is 10.2 Å². The molecule has 2 amide bonds. The van der Waals surface area contributed by atoms with Gasteiger partial charge in [0.15, 0.2) is 0 Å². The third-order valence-electron chi connectivity index (χ3n) is 4.81. The van der Waals surface area contributed by atoms with Crippen LogP contribution in [0.4, 0.5) is 5.69 Å². The fraction of sp³-hybridized carbons (Fsp3) is 0.391. The molecule has 0 aromatic heterocycles. The lowest BCUT2D eigenvalue weighted by Crippen LogP contribution is -2.53. The van der Waals surface area contributed by atoms with Gasteiger partial charge in [0, 0.05) is 17.6 Å². The van der Waals surface area contributed by atoms with Crippen LogP contribution in [0, 0.1) is 0 Å². The smallest absolute Gasteiger partial charge is 0.244 e. The Morgan fingerprint density at radius 3 is 2.12 bits per heavy atom. The molecular weight excluding hydrogens is 450 g/mol. The van der Waals surface area contributed by atoms with E-state index < -0.39 is 28.5 Å². The molecule has 0 fully saturated rings. The normalized spacial score (nSPS) is 12.3. The number of hydrogen-bond donors (Lipinski definition) is 1. The minimum Gasteiger partial charge on any atom is -0.352 e. The molecule has 0 bridgehead atoms. The molecule has 32 heavy (non-hydrogen) atoms. The van der Waals surface area contributed by atoms with Crippen molar-refractivity contribution in [2.45, 2.75) is 45.8 Å². The molecule has 0 aliphatic rings. The van der Waals surface area contributed by atoms with Crippen molar-refractivity contribution in [3.05, 3.63) is 65.2 Å². The number of carbonyl (C=O) groups is 2. The van der Waals surface area contributed by atoms with E-state index in [0.29, 0.717) is 17.1 Å². The highest BCUT2D eigenvalue weighted by Gasteiger charge is 2.31. The first-order valence-corrected chi connectivity index (χ1v) is 12.6. The number of anilines is 1. The summed E-state index contributed by atoms with van der Waals surface area (Å²) in [6, 6.07) is 14.7. The second kappa shape index (κ2) is 11.3. The third-order valence-corrected chi connectivity index (χ3v) is 6.20. The zero-order chi connectivity index (χ0) is 23.9. The second-order valence-corrected chi connectivity index (χ2v) is 10.2. The summed E-state index contributed by atoms with van der Waals surface area (Å²) in [5.41, 5.74) is 1.17. The maximum Gasteiger partial charge on any atom is 0.244 e. The number of halogens is 1. The number of sulfonamides is 1. The van der Waals surface area contributed by atoms with Crippen LogP contribution in [0.15, 0.2) is 54.6 Å². The molecule has 2 aromatic carbocycles. The first-order valence-electron chi connectivity index (χ1n) is 10.4. The summed E-state index contributed by atoms with van der Waals surface area (Å²) in [6.45, 7) is 5.27. The summed E-state index contributed by atoms with van der Waals surface area (Å²) < 4.78 is 26.0. The highest BCUT2D eigenvalue weighted by atomic mass is 35.5. The quantitative estimate of drug-likeness (QED) is 0.565. The molecule has 0 saturated carbocycles. The maximum atomic E-state index is 13.4. The lowest BCUT2D eigenvalue weighted by atomic mass is 10.1. The van der Waals surface area contributed by atoms with Gasteiger partial charge in [0.1, 0.15) is 12.6 Å². The van der Waals surface area contributed by atoms with E-state index in [1.807, 2.05) is 51.1 Å². The molecule has 0 unspecified atom stereocenters. The first kappa shape index (κ1) is 25.7. The molecule has 0 aliphatic heterocycles. The van der Waals surface area contributed by atoms with E-state index in [-0.39, 0.29) is 18.5 Å². The predicted octanol–water partition coefficient (Wildman–Crippen LogP) is 3.44. The van der Waals surface area contributed by atoms with E-state index in [1.54, 1.807) is 24.3 Å². The zero-order valence-electron chi connectivity index (χ0n) is 18.8. The Kier molecular flexibility index (Phi) is 9.09. The van der Waals surface area contributed by atoms with Crippen LogP contribution < -0.4 is 9.62 Å².